The summed E-state index contributed by atoms with van der Waals surface area (Å²) in [5, 5.41) is 11.3. The number of nitrogens with one attached hydrogen (secondary N) is 1. The lowest BCUT2D eigenvalue weighted by molar-refractivity contribution is -0.127. The molecule has 0 saturated heterocycles. The Hall–Kier alpha value is -2.13. The Kier molecular flexibility index (Phi) is 6.60. The van der Waals surface area contributed by atoms with Gasteiger partial charge in [-0.2, -0.15) is 13.2 Å². The van der Waals surface area contributed by atoms with Crippen molar-refractivity contribution in [3.63, 3.8) is 0 Å². The third kappa shape index (κ3) is 5.99. The summed E-state index contributed by atoms with van der Waals surface area (Å²) in [6.45, 7) is 0.429. The van der Waals surface area contributed by atoms with E-state index in [-0.39, 0.29) is 11.4 Å². The number of hydrogen-bond donors (Lipinski definition) is 2. The van der Waals surface area contributed by atoms with Gasteiger partial charge in [0.25, 0.3) is 0 Å². The van der Waals surface area contributed by atoms with Gasteiger partial charge in [0.15, 0.2) is 0 Å². The van der Waals surface area contributed by atoms with Gasteiger partial charge in [0.1, 0.15) is 17.5 Å². The molecule has 0 unspecified atom stereocenters. The van der Waals surface area contributed by atoms with Crippen LogP contribution in [0.5, 0.6) is 5.75 Å². The molecule has 0 aliphatic heterocycles. The first-order chi connectivity index (χ1) is 12.2. The summed E-state index contributed by atoms with van der Waals surface area (Å²) in [7, 11) is 0. The van der Waals surface area contributed by atoms with Gasteiger partial charge < -0.3 is 15.2 Å². The number of halogens is 4. The quantitative estimate of drug-likeness (QED) is 0.685. The molecule has 0 radical (unpaired) electrons. The van der Waals surface area contributed by atoms with Crippen LogP contribution in [0.15, 0.2) is 47.1 Å². The summed E-state index contributed by atoms with van der Waals surface area (Å²) in [6.07, 6.45) is -3.85. The van der Waals surface area contributed by atoms with Gasteiger partial charge in [0.05, 0.1) is 12.7 Å². The lowest BCUT2D eigenvalue weighted by atomic mass is 10.0. The minimum absolute atomic E-state index is 0.152. The average Bonchev–Trinajstić information content (AvgIpc) is 2.58. The Morgan fingerprint density at radius 1 is 1.27 bits per heavy atom. The highest BCUT2D eigenvalue weighted by Crippen LogP contribution is 2.26. The second-order valence-electron chi connectivity index (χ2n) is 5.56. The van der Waals surface area contributed by atoms with Crippen molar-refractivity contribution < 1.29 is 27.8 Å². The van der Waals surface area contributed by atoms with Crippen LogP contribution in [0.3, 0.4) is 0 Å². The van der Waals surface area contributed by atoms with E-state index in [1.165, 1.54) is 18.3 Å². The zero-order valence-corrected chi connectivity index (χ0v) is 15.2. The summed E-state index contributed by atoms with van der Waals surface area (Å²) in [6, 6.07) is 9.00. The Morgan fingerprint density at radius 2 is 1.92 bits per heavy atom. The maximum Gasteiger partial charge on any atom is 0.401 e. The van der Waals surface area contributed by atoms with Gasteiger partial charge >= 0.3 is 12.1 Å². The largest absolute Gasteiger partial charge is 0.482 e. The minimum atomic E-state index is -4.34. The molecule has 1 aromatic carbocycles. The number of hydrogen-bond acceptors (Lipinski definition) is 4. The Bertz CT molecular complexity index is 736. The molecule has 0 spiro atoms. The third-order valence-electron chi connectivity index (χ3n) is 3.50. The van der Waals surface area contributed by atoms with E-state index in [0.29, 0.717) is 5.56 Å². The van der Waals surface area contributed by atoms with Crippen molar-refractivity contribution >= 4 is 21.9 Å². The number of alkyl halides is 3. The van der Waals surface area contributed by atoms with Crippen molar-refractivity contribution in [2.75, 3.05) is 6.54 Å². The van der Waals surface area contributed by atoms with Crippen LogP contribution in [0.1, 0.15) is 29.1 Å². The van der Waals surface area contributed by atoms with E-state index < -0.39 is 30.8 Å². The summed E-state index contributed by atoms with van der Waals surface area (Å²) in [4.78, 5) is 14.6. The van der Waals surface area contributed by atoms with Crippen LogP contribution < -0.4 is 10.1 Å². The van der Waals surface area contributed by atoms with Crippen molar-refractivity contribution in [3.05, 3.63) is 58.3 Å². The molecule has 2 rings (SSSR count). The lowest BCUT2D eigenvalue weighted by Crippen LogP contribution is -2.40. The van der Waals surface area contributed by atoms with E-state index in [2.05, 4.69) is 26.2 Å². The molecule has 0 amide bonds. The fourth-order valence-corrected chi connectivity index (χ4v) is 2.48. The normalized spacial score (nSPS) is 13.9. The number of pyridine rings is 1. The van der Waals surface area contributed by atoms with Gasteiger partial charge in [-0.1, -0.05) is 28.1 Å². The second kappa shape index (κ2) is 8.50. The van der Waals surface area contributed by atoms with Crippen molar-refractivity contribution in [2.24, 2.45) is 0 Å². The van der Waals surface area contributed by atoms with Gasteiger partial charge in [-0.05, 0) is 36.8 Å². The summed E-state index contributed by atoms with van der Waals surface area (Å²) in [5.74, 6) is -0.926. The van der Waals surface area contributed by atoms with Crippen molar-refractivity contribution in [2.45, 2.75) is 25.2 Å². The molecule has 0 saturated carbocycles. The first-order valence-electron chi connectivity index (χ1n) is 7.57. The van der Waals surface area contributed by atoms with Gasteiger partial charge in [0, 0.05) is 10.5 Å². The lowest BCUT2D eigenvalue weighted by Gasteiger charge is -2.27. The molecule has 1 heterocycles. The van der Waals surface area contributed by atoms with Gasteiger partial charge in [0.2, 0.25) is 0 Å². The highest BCUT2D eigenvalue weighted by molar-refractivity contribution is 9.10. The SMILES string of the molecule is C[C@H](NCC(F)(F)F)[C@H](Oc1ccc(C(=O)O)nc1)c1ccc(Br)cc1. The average molecular weight is 433 g/mol. The van der Waals surface area contributed by atoms with E-state index in [1.54, 1.807) is 31.2 Å². The van der Waals surface area contributed by atoms with Crippen LogP contribution in [0.25, 0.3) is 0 Å². The van der Waals surface area contributed by atoms with Crippen LogP contribution >= 0.6 is 15.9 Å². The number of ether oxygens (including phenoxy) is 1. The van der Waals surface area contributed by atoms with Crippen LogP contribution in [-0.2, 0) is 0 Å². The van der Waals surface area contributed by atoms with Crippen molar-refractivity contribution in [1.82, 2.24) is 10.3 Å². The highest BCUT2D eigenvalue weighted by Gasteiger charge is 2.30. The molecule has 0 aliphatic carbocycles. The summed E-state index contributed by atoms with van der Waals surface area (Å²) in [5.41, 5.74) is 0.512. The van der Waals surface area contributed by atoms with Gasteiger partial charge in [-0.15, -0.1) is 0 Å². The number of carboxylic acid groups (broad SMARTS) is 1. The van der Waals surface area contributed by atoms with Gasteiger partial charge in [-0.3, -0.25) is 0 Å². The zero-order chi connectivity index (χ0) is 19.3. The monoisotopic (exact) mass is 432 g/mol. The third-order valence-corrected chi connectivity index (χ3v) is 4.02. The molecular weight excluding hydrogens is 417 g/mol. The second-order valence-corrected chi connectivity index (χ2v) is 6.47. The van der Waals surface area contributed by atoms with Crippen LogP contribution in [0.4, 0.5) is 13.2 Å². The molecule has 2 N–H and O–H groups in total. The number of carboxylic acids is 1. The van der Waals surface area contributed by atoms with Gasteiger partial charge in [-0.25, -0.2) is 9.78 Å². The molecule has 140 valence electrons. The van der Waals surface area contributed by atoms with E-state index in [0.717, 1.165) is 4.47 Å². The molecule has 2 atom stereocenters. The predicted molar refractivity (Wildman–Crippen MR) is 92.2 cm³/mol. The summed E-state index contributed by atoms with van der Waals surface area (Å²) < 4.78 is 44.1. The predicted octanol–water partition coefficient (Wildman–Crippen LogP) is 4.20. The maximum atomic E-state index is 12.5. The Labute approximate surface area is 156 Å². The molecule has 26 heavy (non-hydrogen) atoms. The molecule has 0 aliphatic rings. The first kappa shape index (κ1) is 20.2. The van der Waals surface area contributed by atoms with Crippen LogP contribution in [0, 0.1) is 0 Å². The number of aromatic nitrogens is 1. The topological polar surface area (TPSA) is 71.5 Å². The number of nitrogens with zero attached hydrogens (tertiary/aromatic N) is 1. The molecule has 2 aromatic rings. The number of rotatable bonds is 7. The van der Waals surface area contributed by atoms with E-state index in [1.807, 2.05) is 0 Å². The molecular formula is C17H16BrF3N2O3. The highest BCUT2D eigenvalue weighted by atomic mass is 79.9. The molecule has 0 bridgehead atoms. The number of benzene rings is 1. The van der Waals surface area contributed by atoms with E-state index >= 15 is 0 Å². The first-order valence-corrected chi connectivity index (χ1v) is 8.36. The molecule has 5 nitrogen and oxygen atoms in total. The molecule has 1 aromatic heterocycles. The zero-order valence-electron chi connectivity index (χ0n) is 13.6. The molecule has 0 fully saturated rings. The van der Waals surface area contributed by atoms with Crippen LogP contribution in [-0.4, -0.2) is 34.8 Å². The fraction of sp³-hybridized carbons (Fsp3) is 0.294. The minimum Gasteiger partial charge on any atom is -0.482 e. The maximum absolute atomic E-state index is 12.5. The Morgan fingerprint density at radius 3 is 2.42 bits per heavy atom. The number of carbonyl (C=O) groups is 1. The van der Waals surface area contributed by atoms with Crippen molar-refractivity contribution in [1.29, 1.82) is 0 Å². The smallest absolute Gasteiger partial charge is 0.401 e. The summed E-state index contributed by atoms with van der Waals surface area (Å²) >= 11 is 3.31. The van der Waals surface area contributed by atoms with Crippen molar-refractivity contribution in [3.8, 4) is 5.75 Å². The molecule has 9 heteroatoms. The van der Waals surface area contributed by atoms with E-state index in [4.69, 9.17) is 9.84 Å². The fourth-order valence-electron chi connectivity index (χ4n) is 2.22. The van der Waals surface area contributed by atoms with Crippen LogP contribution in [0.2, 0.25) is 0 Å². The van der Waals surface area contributed by atoms with E-state index in [9.17, 15) is 18.0 Å². The Balaban J connectivity index is 2.21. The standard InChI is InChI=1S/C17H16BrF3N2O3/c1-10(23-9-17(19,20)21)15(11-2-4-12(18)5-3-11)26-13-6-7-14(16(24)25)22-8-13/h2-8,10,15,23H,9H2,1H3,(H,24,25)/t10-,15-/m0/s1. The number of aromatic carboxylic acids is 1.